The van der Waals surface area contributed by atoms with Gasteiger partial charge in [-0.2, -0.15) is 0 Å². The Kier molecular flexibility index (Phi) is 3.78. The van der Waals surface area contributed by atoms with Gasteiger partial charge in [-0.15, -0.1) is 0 Å². The van der Waals surface area contributed by atoms with Gasteiger partial charge in [0.2, 0.25) is 3.79 Å². The van der Waals surface area contributed by atoms with Crippen molar-refractivity contribution in [3.8, 4) is 0 Å². The van der Waals surface area contributed by atoms with E-state index in [0.717, 1.165) is 16.7 Å². The lowest BCUT2D eigenvalue weighted by Crippen LogP contribution is -2.46. The van der Waals surface area contributed by atoms with E-state index in [-0.39, 0.29) is 5.41 Å². The van der Waals surface area contributed by atoms with Crippen LogP contribution in [0.1, 0.15) is 43.0 Å². The summed E-state index contributed by atoms with van der Waals surface area (Å²) in [6.07, 6.45) is 0. The average molecular weight is 374 g/mol. The van der Waals surface area contributed by atoms with E-state index in [2.05, 4.69) is 26.0 Å². The lowest BCUT2D eigenvalue weighted by Gasteiger charge is -2.48. The first-order valence-electron chi connectivity index (χ1n) is 7.07. The van der Waals surface area contributed by atoms with Gasteiger partial charge in [-0.1, -0.05) is 90.6 Å². The Balaban J connectivity index is 2.46. The molecule has 0 N–H and O–H groups in total. The van der Waals surface area contributed by atoms with E-state index in [0.29, 0.717) is 5.02 Å². The Bertz CT molecular complexity index is 743. The van der Waals surface area contributed by atoms with Crippen molar-refractivity contribution in [2.75, 3.05) is 0 Å². The van der Waals surface area contributed by atoms with Crippen LogP contribution in [0.15, 0.2) is 42.5 Å². The molecule has 1 aliphatic carbocycles. The molecular weight excluding hydrogens is 358 g/mol. The van der Waals surface area contributed by atoms with Gasteiger partial charge in [-0.25, -0.2) is 0 Å². The van der Waals surface area contributed by atoms with Crippen LogP contribution in [0.25, 0.3) is 0 Å². The molecule has 0 nitrogen and oxygen atoms in total. The molecule has 0 aromatic heterocycles. The molecule has 0 radical (unpaired) electrons. The number of hydrogen-bond donors (Lipinski definition) is 0. The first-order valence-corrected chi connectivity index (χ1v) is 8.58. The second-order valence-corrected chi connectivity index (χ2v) is 9.20. The second kappa shape index (κ2) is 5.05. The first-order chi connectivity index (χ1) is 10.1. The summed E-state index contributed by atoms with van der Waals surface area (Å²) in [7, 11) is 0. The molecule has 0 unspecified atom stereocenters. The van der Waals surface area contributed by atoms with Gasteiger partial charge < -0.3 is 0 Å². The van der Waals surface area contributed by atoms with Gasteiger partial charge in [-0.05, 0) is 41.3 Å². The molecule has 0 bridgehead atoms. The summed E-state index contributed by atoms with van der Waals surface area (Å²) in [5.41, 5.74) is 3.40. The van der Waals surface area contributed by atoms with E-state index in [1.54, 1.807) is 0 Å². The Labute approximate surface area is 151 Å². The number of fused-ring (bicyclic) bond motifs is 2. The van der Waals surface area contributed by atoms with Crippen molar-refractivity contribution < 1.29 is 0 Å². The first kappa shape index (κ1) is 16.5. The molecular formula is C18H16Cl4. The highest BCUT2D eigenvalue weighted by Gasteiger charge is 2.54. The van der Waals surface area contributed by atoms with Crippen LogP contribution in [0.3, 0.4) is 0 Å². The van der Waals surface area contributed by atoms with E-state index < -0.39 is 9.21 Å². The van der Waals surface area contributed by atoms with Crippen LogP contribution in [0.2, 0.25) is 5.02 Å². The van der Waals surface area contributed by atoms with Gasteiger partial charge in [-0.3, -0.25) is 0 Å². The fourth-order valence-corrected chi connectivity index (χ4v) is 4.31. The van der Waals surface area contributed by atoms with Gasteiger partial charge in [0.25, 0.3) is 0 Å². The van der Waals surface area contributed by atoms with Crippen molar-refractivity contribution in [1.29, 1.82) is 0 Å². The van der Waals surface area contributed by atoms with Crippen LogP contribution < -0.4 is 0 Å². The molecule has 0 heterocycles. The van der Waals surface area contributed by atoms with Crippen LogP contribution in [0, 0.1) is 0 Å². The van der Waals surface area contributed by atoms with Crippen LogP contribution in [-0.4, -0.2) is 3.79 Å². The molecule has 2 aromatic rings. The van der Waals surface area contributed by atoms with E-state index in [9.17, 15) is 0 Å². The zero-order chi connectivity index (χ0) is 16.3. The van der Waals surface area contributed by atoms with Crippen LogP contribution in [0.4, 0.5) is 0 Å². The Morgan fingerprint density at radius 3 is 1.91 bits per heavy atom. The third kappa shape index (κ3) is 2.12. The monoisotopic (exact) mass is 372 g/mol. The smallest absolute Gasteiger partial charge is 0.0843 e. The van der Waals surface area contributed by atoms with Gasteiger partial charge in [0, 0.05) is 10.4 Å². The Morgan fingerprint density at radius 1 is 0.773 bits per heavy atom. The topological polar surface area (TPSA) is 0 Å². The minimum atomic E-state index is -1.47. The molecule has 0 aliphatic heterocycles. The quantitative estimate of drug-likeness (QED) is 0.453. The van der Waals surface area contributed by atoms with Crippen molar-refractivity contribution in [2.45, 2.75) is 35.4 Å². The molecule has 0 saturated carbocycles. The maximum atomic E-state index is 6.44. The minimum Gasteiger partial charge on any atom is -0.0843 e. The molecule has 0 amide bonds. The van der Waals surface area contributed by atoms with Crippen LogP contribution in [0.5, 0.6) is 0 Å². The summed E-state index contributed by atoms with van der Waals surface area (Å²) < 4.78 is -1.47. The molecule has 22 heavy (non-hydrogen) atoms. The number of alkyl halides is 3. The summed E-state index contributed by atoms with van der Waals surface area (Å²) >= 11 is 25.6. The zero-order valence-corrected chi connectivity index (χ0v) is 15.6. The predicted molar refractivity (Wildman–Crippen MR) is 96.8 cm³/mol. The van der Waals surface area contributed by atoms with Gasteiger partial charge in [0.1, 0.15) is 0 Å². The summed E-state index contributed by atoms with van der Waals surface area (Å²) in [5, 5.41) is 0.692. The maximum Gasteiger partial charge on any atom is 0.203 e. The maximum absolute atomic E-state index is 6.44. The number of halogens is 4. The normalized spacial score (nSPS) is 22.9. The van der Waals surface area contributed by atoms with Crippen molar-refractivity contribution in [1.82, 2.24) is 0 Å². The Hall–Kier alpha value is -0.400. The second-order valence-electron chi connectivity index (χ2n) is 6.48. The van der Waals surface area contributed by atoms with Gasteiger partial charge in [0.15, 0.2) is 0 Å². The third-order valence-electron chi connectivity index (χ3n) is 4.90. The van der Waals surface area contributed by atoms with E-state index in [1.165, 1.54) is 5.56 Å². The molecule has 0 fully saturated rings. The predicted octanol–water partition coefficient (Wildman–Crippen LogP) is 6.66. The third-order valence-corrected chi connectivity index (χ3v) is 6.27. The van der Waals surface area contributed by atoms with Gasteiger partial charge >= 0.3 is 0 Å². The van der Waals surface area contributed by atoms with Crippen LogP contribution >= 0.6 is 46.4 Å². The van der Waals surface area contributed by atoms with E-state index >= 15 is 0 Å². The highest BCUT2D eigenvalue weighted by atomic mass is 35.6. The van der Waals surface area contributed by atoms with Crippen molar-refractivity contribution in [2.24, 2.45) is 0 Å². The average Bonchev–Trinajstić information content (AvgIpc) is 2.44. The number of benzene rings is 2. The Morgan fingerprint density at radius 2 is 1.32 bits per heavy atom. The lowest BCUT2D eigenvalue weighted by molar-refractivity contribution is 0.495. The van der Waals surface area contributed by atoms with Gasteiger partial charge in [0.05, 0.1) is 5.41 Å². The number of hydrogen-bond acceptors (Lipinski definition) is 0. The molecule has 116 valence electrons. The molecule has 3 rings (SSSR count). The zero-order valence-electron chi connectivity index (χ0n) is 12.6. The van der Waals surface area contributed by atoms with Crippen LogP contribution in [-0.2, 0) is 10.8 Å². The highest BCUT2D eigenvalue weighted by molar-refractivity contribution is 6.68. The summed E-state index contributed by atoms with van der Waals surface area (Å²) in [6, 6.07) is 14.0. The summed E-state index contributed by atoms with van der Waals surface area (Å²) in [5.74, 6) is 0. The molecule has 0 saturated heterocycles. The van der Waals surface area contributed by atoms with Crippen molar-refractivity contribution >= 4 is 46.4 Å². The largest absolute Gasteiger partial charge is 0.203 e. The molecule has 4 heteroatoms. The molecule has 1 atom stereocenters. The van der Waals surface area contributed by atoms with E-state index in [1.807, 2.05) is 37.3 Å². The SMILES string of the molecule is CC1(C)c2ccccc2[C@](C)(C(Cl)(Cl)Cl)c2ccc(Cl)cc21. The molecule has 2 aromatic carbocycles. The van der Waals surface area contributed by atoms with Crippen molar-refractivity contribution in [3.05, 3.63) is 69.7 Å². The standard InChI is InChI=1S/C18H16Cl4/c1-16(2)12-6-4-5-7-13(12)17(3,18(20,21)22)14-9-8-11(19)10-15(14)16/h4-10H,1-3H3/t17-/m0/s1. The van der Waals surface area contributed by atoms with E-state index in [4.69, 9.17) is 46.4 Å². The fraction of sp³-hybridized carbons (Fsp3) is 0.333. The minimum absolute atomic E-state index is 0.202. The number of rotatable bonds is 0. The highest BCUT2D eigenvalue weighted by Crippen LogP contribution is 2.58. The molecule has 1 aliphatic rings. The molecule has 0 spiro atoms. The van der Waals surface area contributed by atoms with Crippen molar-refractivity contribution in [3.63, 3.8) is 0 Å². The lowest BCUT2D eigenvalue weighted by atomic mass is 9.60. The summed E-state index contributed by atoms with van der Waals surface area (Å²) in [4.78, 5) is 0. The summed E-state index contributed by atoms with van der Waals surface area (Å²) in [6.45, 7) is 6.35. The fourth-order valence-electron chi connectivity index (χ4n) is 3.53.